The van der Waals surface area contributed by atoms with Crippen LogP contribution in [0.1, 0.15) is 12.0 Å². The zero-order valence-corrected chi connectivity index (χ0v) is 17.8. The van der Waals surface area contributed by atoms with Crippen LogP contribution in [0.4, 0.5) is 4.39 Å². The van der Waals surface area contributed by atoms with Gasteiger partial charge in [0.25, 0.3) is 0 Å². The third kappa shape index (κ3) is 4.91. The Morgan fingerprint density at radius 3 is 2.40 bits per heavy atom. The van der Waals surface area contributed by atoms with Gasteiger partial charge in [-0.25, -0.2) is 12.8 Å². The number of hydrogen-bond donors (Lipinski definition) is 0. The first-order valence-electron chi connectivity index (χ1n) is 9.59. The van der Waals surface area contributed by atoms with Crippen LogP contribution in [0.2, 0.25) is 0 Å². The Labute approximate surface area is 176 Å². The predicted octanol–water partition coefficient (Wildman–Crippen LogP) is 2.31. The number of benzene rings is 2. The number of piperazine rings is 1. The summed E-state index contributed by atoms with van der Waals surface area (Å²) >= 11 is 0. The second-order valence-corrected chi connectivity index (χ2v) is 8.86. The maximum absolute atomic E-state index is 13.4. The summed E-state index contributed by atoms with van der Waals surface area (Å²) in [6, 6.07) is 10.4. The lowest BCUT2D eigenvalue weighted by molar-refractivity contribution is -0.132. The molecule has 7 nitrogen and oxygen atoms in total. The molecule has 1 heterocycles. The van der Waals surface area contributed by atoms with Gasteiger partial charge in [0.15, 0.2) is 0 Å². The van der Waals surface area contributed by atoms with E-state index in [1.807, 2.05) is 6.07 Å². The summed E-state index contributed by atoms with van der Waals surface area (Å²) in [4.78, 5) is 14.2. The normalized spacial score (nSPS) is 15.1. The summed E-state index contributed by atoms with van der Waals surface area (Å²) in [5, 5.41) is 0. The van der Waals surface area contributed by atoms with Crippen molar-refractivity contribution < 1.29 is 27.1 Å². The first-order valence-corrected chi connectivity index (χ1v) is 11.0. The Hall–Kier alpha value is -2.65. The SMILES string of the molecule is COc1ccc(OC)c(CCC(=O)N2CCN(S(=O)(=O)c3cccc(F)c3)CC2)c1. The van der Waals surface area contributed by atoms with E-state index in [0.29, 0.717) is 31.0 Å². The average molecular weight is 437 g/mol. The number of carbonyl (C=O) groups is 1. The van der Waals surface area contributed by atoms with Crippen molar-refractivity contribution in [2.24, 2.45) is 0 Å². The topological polar surface area (TPSA) is 76.2 Å². The van der Waals surface area contributed by atoms with Gasteiger partial charge in [-0.2, -0.15) is 4.31 Å². The third-order valence-corrected chi connectivity index (χ3v) is 7.02. The molecule has 1 aliphatic heterocycles. The van der Waals surface area contributed by atoms with E-state index in [0.717, 1.165) is 11.6 Å². The minimum absolute atomic E-state index is 0.0531. The Morgan fingerprint density at radius 2 is 1.77 bits per heavy atom. The molecule has 162 valence electrons. The molecule has 0 aliphatic carbocycles. The first-order chi connectivity index (χ1) is 14.3. The summed E-state index contributed by atoms with van der Waals surface area (Å²) < 4.78 is 50.6. The lowest BCUT2D eigenvalue weighted by atomic mass is 10.1. The smallest absolute Gasteiger partial charge is 0.243 e. The molecule has 0 bridgehead atoms. The average Bonchev–Trinajstić information content (AvgIpc) is 2.77. The van der Waals surface area contributed by atoms with E-state index in [9.17, 15) is 17.6 Å². The lowest BCUT2D eigenvalue weighted by Crippen LogP contribution is -2.50. The number of ether oxygens (including phenoxy) is 2. The van der Waals surface area contributed by atoms with Crippen LogP contribution in [0.15, 0.2) is 47.4 Å². The molecule has 1 saturated heterocycles. The van der Waals surface area contributed by atoms with Crippen LogP contribution in [-0.2, 0) is 21.2 Å². The maximum Gasteiger partial charge on any atom is 0.243 e. The van der Waals surface area contributed by atoms with Gasteiger partial charge in [-0.3, -0.25) is 4.79 Å². The zero-order chi connectivity index (χ0) is 21.7. The van der Waals surface area contributed by atoms with Gasteiger partial charge in [0.05, 0.1) is 19.1 Å². The largest absolute Gasteiger partial charge is 0.497 e. The molecule has 1 aliphatic rings. The molecule has 2 aromatic rings. The highest BCUT2D eigenvalue weighted by Crippen LogP contribution is 2.25. The molecule has 1 amide bonds. The molecule has 0 spiro atoms. The van der Waals surface area contributed by atoms with Gasteiger partial charge in [0, 0.05) is 32.6 Å². The van der Waals surface area contributed by atoms with Gasteiger partial charge in [0.2, 0.25) is 15.9 Å². The number of amides is 1. The number of nitrogens with zero attached hydrogens (tertiary/aromatic N) is 2. The number of sulfonamides is 1. The molecular formula is C21H25FN2O5S. The van der Waals surface area contributed by atoms with Crippen molar-refractivity contribution in [1.82, 2.24) is 9.21 Å². The molecular weight excluding hydrogens is 411 g/mol. The van der Waals surface area contributed by atoms with Crippen LogP contribution < -0.4 is 9.47 Å². The van der Waals surface area contributed by atoms with E-state index in [4.69, 9.17) is 9.47 Å². The fraction of sp³-hybridized carbons (Fsp3) is 0.381. The van der Waals surface area contributed by atoms with Gasteiger partial charge in [-0.15, -0.1) is 0 Å². The minimum atomic E-state index is -3.78. The minimum Gasteiger partial charge on any atom is -0.497 e. The summed E-state index contributed by atoms with van der Waals surface area (Å²) in [5.41, 5.74) is 0.873. The van der Waals surface area contributed by atoms with Crippen LogP contribution >= 0.6 is 0 Å². The van der Waals surface area contributed by atoms with E-state index < -0.39 is 15.8 Å². The van der Waals surface area contributed by atoms with E-state index >= 15 is 0 Å². The molecule has 0 aromatic heterocycles. The van der Waals surface area contributed by atoms with Crippen molar-refractivity contribution in [2.75, 3.05) is 40.4 Å². The van der Waals surface area contributed by atoms with Gasteiger partial charge < -0.3 is 14.4 Å². The number of rotatable bonds is 7. The standard InChI is InChI=1S/C21H25FN2O5S/c1-28-18-7-8-20(29-2)16(14-18)6-9-21(25)23-10-12-24(13-11-23)30(26,27)19-5-3-4-17(22)15-19/h3-5,7-8,14-15H,6,9-13H2,1-2H3. The van der Waals surface area contributed by atoms with Crippen LogP contribution in [0.25, 0.3) is 0 Å². The van der Waals surface area contributed by atoms with Crippen LogP contribution in [-0.4, -0.2) is 63.9 Å². The Kier molecular flexibility index (Phi) is 6.94. The fourth-order valence-corrected chi connectivity index (χ4v) is 4.89. The number of hydrogen-bond acceptors (Lipinski definition) is 5. The highest BCUT2D eigenvalue weighted by Gasteiger charge is 2.30. The molecule has 9 heteroatoms. The van der Waals surface area contributed by atoms with Gasteiger partial charge in [-0.1, -0.05) is 6.07 Å². The quantitative estimate of drug-likeness (QED) is 0.666. The van der Waals surface area contributed by atoms with Crippen molar-refractivity contribution in [1.29, 1.82) is 0 Å². The molecule has 0 radical (unpaired) electrons. The zero-order valence-electron chi connectivity index (χ0n) is 17.0. The van der Waals surface area contributed by atoms with Crippen LogP contribution in [0.3, 0.4) is 0 Å². The number of methoxy groups -OCH3 is 2. The van der Waals surface area contributed by atoms with E-state index in [1.165, 1.54) is 22.5 Å². The summed E-state index contributed by atoms with van der Waals surface area (Å²) in [6.45, 7) is 0.936. The van der Waals surface area contributed by atoms with Crippen molar-refractivity contribution >= 4 is 15.9 Å². The summed E-state index contributed by atoms with van der Waals surface area (Å²) in [5.74, 6) is 0.726. The number of carbonyl (C=O) groups excluding carboxylic acids is 1. The summed E-state index contributed by atoms with van der Waals surface area (Å²) in [6.07, 6.45) is 0.765. The van der Waals surface area contributed by atoms with Crippen LogP contribution in [0, 0.1) is 5.82 Å². The molecule has 0 saturated carbocycles. The second-order valence-electron chi connectivity index (χ2n) is 6.92. The van der Waals surface area contributed by atoms with Crippen molar-refractivity contribution in [3.63, 3.8) is 0 Å². The van der Waals surface area contributed by atoms with Crippen LogP contribution in [0.5, 0.6) is 11.5 Å². The monoisotopic (exact) mass is 436 g/mol. The second kappa shape index (κ2) is 9.44. The number of aryl methyl sites for hydroxylation is 1. The fourth-order valence-electron chi connectivity index (χ4n) is 3.43. The van der Waals surface area contributed by atoms with E-state index in [2.05, 4.69) is 0 Å². The van der Waals surface area contributed by atoms with Crippen molar-refractivity contribution in [3.8, 4) is 11.5 Å². The van der Waals surface area contributed by atoms with Gasteiger partial charge in [-0.05, 0) is 48.4 Å². The van der Waals surface area contributed by atoms with Crippen molar-refractivity contribution in [3.05, 3.63) is 53.8 Å². The number of halogens is 1. The Bertz CT molecular complexity index is 1000. The molecule has 1 fully saturated rings. The third-order valence-electron chi connectivity index (χ3n) is 5.12. The van der Waals surface area contributed by atoms with Crippen molar-refractivity contribution in [2.45, 2.75) is 17.7 Å². The molecule has 0 N–H and O–H groups in total. The first kappa shape index (κ1) is 22.0. The Morgan fingerprint density at radius 1 is 1.03 bits per heavy atom. The highest BCUT2D eigenvalue weighted by atomic mass is 32.2. The van der Waals surface area contributed by atoms with E-state index in [1.54, 1.807) is 31.3 Å². The molecule has 3 rings (SSSR count). The lowest BCUT2D eigenvalue weighted by Gasteiger charge is -2.34. The van der Waals surface area contributed by atoms with Gasteiger partial charge in [0.1, 0.15) is 17.3 Å². The van der Waals surface area contributed by atoms with Gasteiger partial charge >= 0.3 is 0 Å². The predicted molar refractivity (Wildman–Crippen MR) is 110 cm³/mol. The highest BCUT2D eigenvalue weighted by molar-refractivity contribution is 7.89. The van der Waals surface area contributed by atoms with E-state index in [-0.39, 0.29) is 30.3 Å². The molecule has 30 heavy (non-hydrogen) atoms. The Balaban J connectivity index is 1.58. The summed E-state index contributed by atoms with van der Waals surface area (Å²) in [7, 11) is -0.628. The molecule has 0 atom stereocenters. The molecule has 0 unspecified atom stereocenters. The molecule has 2 aromatic carbocycles. The maximum atomic E-state index is 13.4.